The average molecular weight is 312 g/mol. The molecule has 0 saturated heterocycles. The first-order chi connectivity index (χ1) is 8.63. The molecule has 0 bridgehead atoms. The maximum Gasteiger partial charge on any atom is 0.162 e. The molecule has 0 amide bonds. The minimum absolute atomic E-state index is 0.242. The third-order valence-corrected chi connectivity index (χ3v) is 3.53. The van der Waals surface area contributed by atoms with Gasteiger partial charge in [0, 0.05) is 16.5 Å². The molecule has 0 aliphatic heterocycles. The molecule has 0 aliphatic carbocycles. The summed E-state index contributed by atoms with van der Waals surface area (Å²) < 4.78 is 1.01. The number of rotatable bonds is 8. The van der Waals surface area contributed by atoms with Crippen molar-refractivity contribution in [2.24, 2.45) is 0 Å². The molecule has 0 aromatic heterocycles. The molecular weight excluding hydrogens is 290 g/mol. The highest BCUT2D eigenvalue weighted by Crippen LogP contribution is 2.12. The van der Waals surface area contributed by atoms with Gasteiger partial charge in [0.25, 0.3) is 0 Å². The number of hydrogen-bond donors (Lipinski definition) is 0. The fraction of sp³-hybridized carbons (Fsp3) is 0.533. The number of hydrogen-bond acceptors (Lipinski definition) is 2. The van der Waals surface area contributed by atoms with Crippen LogP contribution in [0.2, 0.25) is 0 Å². The van der Waals surface area contributed by atoms with Crippen LogP contribution in [0.4, 0.5) is 0 Å². The Morgan fingerprint density at radius 3 is 2.39 bits per heavy atom. The molecule has 1 rings (SSSR count). The Morgan fingerprint density at radius 2 is 1.78 bits per heavy atom. The molecule has 0 heterocycles. The van der Waals surface area contributed by atoms with Crippen LogP contribution in [-0.2, 0) is 0 Å². The third-order valence-electron chi connectivity index (χ3n) is 3.00. The molecule has 0 saturated carbocycles. The van der Waals surface area contributed by atoms with E-state index < -0.39 is 0 Å². The van der Waals surface area contributed by atoms with Crippen LogP contribution in [0.1, 0.15) is 43.0 Å². The second-order valence-electron chi connectivity index (χ2n) is 4.69. The predicted octanol–water partition coefficient (Wildman–Crippen LogP) is 4.14. The van der Waals surface area contributed by atoms with Gasteiger partial charge >= 0.3 is 0 Å². The number of carbonyl (C=O) groups excluding carboxylic acids is 1. The van der Waals surface area contributed by atoms with Crippen LogP contribution >= 0.6 is 15.9 Å². The van der Waals surface area contributed by atoms with Gasteiger partial charge in [0.05, 0.1) is 0 Å². The topological polar surface area (TPSA) is 20.3 Å². The molecule has 1 aromatic rings. The smallest absolute Gasteiger partial charge is 0.162 e. The van der Waals surface area contributed by atoms with Gasteiger partial charge < -0.3 is 4.90 Å². The second kappa shape index (κ2) is 8.44. The molecule has 0 fully saturated rings. The first kappa shape index (κ1) is 15.4. The molecule has 3 heteroatoms. The van der Waals surface area contributed by atoms with E-state index in [2.05, 4.69) is 34.8 Å². The summed E-state index contributed by atoms with van der Waals surface area (Å²) in [6, 6.07) is 7.60. The van der Waals surface area contributed by atoms with Gasteiger partial charge in [-0.15, -0.1) is 0 Å². The molecule has 0 spiro atoms. The SMILES string of the molecule is CCCCN(C)CCCC(=O)c1ccc(Br)cc1. The fourth-order valence-electron chi connectivity index (χ4n) is 1.83. The average Bonchev–Trinajstić information content (AvgIpc) is 2.37. The van der Waals surface area contributed by atoms with Crippen molar-refractivity contribution in [3.63, 3.8) is 0 Å². The normalized spacial score (nSPS) is 10.9. The highest BCUT2D eigenvalue weighted by Gasteiger charge is 2.06. The lowest BCUT2D eigenvalue weighted by Gasteiger charge is -2.15. The Kier molecular flexibility index (Phi) is 7.21. The number of ketones is 1. The molecule has 0 radical (unpaired) electrons. The molecule has 2 nitrogen and oxygen atoms in total. The standard InChI is InChI=1S/C15H22BrNO/c1-3-4-11-17(2)12-5-6-15(18)13-7-9-14(16)10-8-13/h7-10H,3-6,11-12H2,1-2H3. The summed E-state index contributed by atoms with van der Waals surface area (Å²) in [4.78, 5) is 14.2. The number of benzene rings is 1. The maximum absolute atomic E-state index is 11.9. The summed E-state index contributed by atoms with van der Waals surface area (Å²) in [6.45, 7) is 4.33. The van der Waals surface area contributed by atoms with Gasteiger partial charge in [0.1, 0.15) is 0 Å². The third kappa shape index (κ3) is 5.78. The molecule has 0 atom stereocenters. The van der Waals surface area contributed by atoms with Crippen molar-refractivity contribution in [3.8, 4) is 0 Å². The molecule has 18 heavy (non-hydrogen) atoms. The van der Waals surface area contributed by atoms with E-state index >= 15 is 0 Å². The van der Waals surface area contributed by atoms with E-state index in [1.54, 1.807) is 0 Å². The van der Waals surface area contributed by atoms with E-state index in [1.807, 2.05) is 24.3 Å². The van der Waals surface area contributed by atoms with Crippen molar-refractivity contribution < 1.29 is 4.79 Å². The number of halogens is 1. The number of nitrogens with zero attached hydrogens (tertiary/aromatic N) is 1. The quantitative estimate of drug-likeness (QED) is 0.672. The van der Waals surface area contributed by atoms with E-state index in [9.17, 15) is 4.79 Å². The minimum Gasteiger partial charge on any atom is -0.306 e. The first-order valence-electron chi connectivity index (χ1n) is 6.60. The molecule has 0 N–H and O–H groups in total. The van der Waals surface area contributed by atoms with Gasteiger partial charge in [-0.05, 0) is 45.1 Å². The van der Waals surface area contributed by atoms with Crippen molar-refractivity contribution in [1.82, 2.24) is 4.90 Å². The minimum atomic E-state index is 0.242. The van der Waals surface area contributed by atoms with Crippen molar-refractivity contribution in [2.45, 2.75) is 32.6 Å². The molecular formula is C15H22BrNO. The van der Waals surface area contributed by atoms with Crippen LogP contribution in [0.5, 0.6) is 0 Å². The second-order valence-corrected chi connectivity index (χ2v) is 5.61. The van der Waals surface area contributed by atoms with Gasteiger partial charge in [-0.25, -0.2) is 0 Å². The van der Waals surface area contributed by atoms with Crippen molar-refractivity contribution >= 4 is 21.7 Å². The summed E-state index contributed by atoms with van der Waals surface area (Å²) >= 11 is 3.37. The van der Waals surface area contributed by atoms with E-state index in [4.69, 9.17) is 0 Å². The zero-order valence-corrected chi connectivity index (χ0v) is 12.9. The molecule has 0 aliphatic rings. The van der Waals surface area contributed by atoms with Crippen LogP contribution in [-0.4, -0.2) is 30.8 Å². The van der Waals surface area contributed by atoms with Crippen molar-refractivity contribution in [3.05, 3.63) is 34.3 Å². The summed E-state index contributed by atoms with van der Waals surface area (Å²) in [6.07, 6.45) is 4.03. The summed E-state index contributed by atoms with van der Waals surface area (Å²) in [7, 11) is 2.12. The van der Waals surface area contributed by atoms with E-state index in [1.165, 1.54) is 12.8 Å². The Labute approximate surface area is 119 Å². The zero-order chi connectivity index (χ0) is 13.4. The van der Waals surface area contributed by atoms with Crippen LogP contribution in [0.15, 0.2) is 28.7 Å². The lowest BCUT2D eigenvalue weighted by molar-refractivity contribution is 0.0976. The number of carbonyl (C=O) groups is 1. The highest BCUT2D eigenvalue weighted by molar-refractivity contribution is 9.10. The van der Waals surface area contributed by atoms with Crippen LogP contribution in [0, 0.1) is 0 Å². The van der Waals surface area contributed by atoms with Gasteiger partial charge in [-0.1, -0.05) is 41.4 Å². The van der Waals surface area contributed by atoms with Gasteiger partial charge in [-0.2, -0.15) is 0 Å². The summed E-state index contributed by atoms with van der Waals surface area (Å²) in [5, 5.41) is 0. The van der Waals surface area contributed by atoms with E-state index in [0.717, 1.165) is 29.5 Å². The fourth-order valence-corrected chi connectivity index (χ4v) is 2.09. The first-order valence-corrected chi connectivity index (χ1v) is 7.40. The van der Waals surface area contributed by atoms with E-state index in [0.29, 0.717) is 6.42 Å². The van der Waals surface area contributed by atoms with Crippen LogP contribution in [0.25, 0.3) is 0 Å². The van der Waals surface area contributed by atoms with E-state index in [-0.39, 0.29) is 5.78 Å². The lowest BCUT2D eigenvalue weighted by atomic mass is 10.1. The molecule has 1 aromatic carbocycles. The van der Waals surface area contributed by atoms with Gasteiger partial charge in [0.15, 0.2) is 5.78 Å². The predicted molar refractivity (Wildman–Crippen MR) is 80.1 cm³/mol. The zero-order valence-electron chi connectivity index (χ0n) is 11.3. The Morgan fingerprint density at radius 1 is 1.17 bits per heavy atom. The van der Waals surface area contributed by atoms with Crippen molar-refractivity contribution in [2.75, 3.05) is 20.1 Å². The number of Topliss-reactive ketones (excluding diaryl/α,β-unsaturated/α-hetero) is 1. The van der Waals surface area contributed by atoms with Gasteiger partial charge in [0.2, 0.25) is 0 Å². The highest BCUT2D eigenvalue weighted by atomic mass is 79.9. The number of unbranched alkanes of at least 4 members (excludes halogenated alkanes) is 1. The summed E-state index contributed by atoms with van der Waals surface area (Å²) in [5.41, 5.74) is 0.814. The maximum atomic E-state index is 11.9. The largest absolute Gasteiger partial charge is 0.306 e. The lowest BCUT2D eigenvalue weighted by Crippen LogP contribution is -2.21. The Hall–Kier alpha value is -0.670. The summed E-state index contributed by atoms with van der Waals surface area (Å²) in [5.74, 6) is 0.242. The Bertz CT molecular complexity index is 361. The monoisotopic (exact) mass is 311 g/mol. The van der Waals surface area contributed by atoms with Crippen molar-refractivity contribution in [1.29, 1.82) is 0 Å². The Balaban J connectivity index is 2.27. The van der Waals surface area contributed by atoms with Crippen LogP contribution < -0.4 is 0 Å². The molecule has 100 valence electrons. The van der Waals surface area contributed by atoms with Gasteiger partial charge in [-0.3, -0.25) is 4.79 Å². The van der Waals surface area contributed by atoms with Crippen LogP contribution in [0.3, 0.4) is 0 Å². The molecule has 0 unspecified atom stereocenters.